The van der Waals surface area contributed by atoms with Crippen LogP contribution in [0.25, 0.3) is 11.1 Å². The van der Waals surface area contributed by atoms with Crippen molar-refractivity contribution in [2.24, 2.45) is 4.99 Å². The van der Waals surface area contributed by atoms with Crippen LogP contribution in [0.5, 0.6) is 0 Å². The molecule has 0 radical (unpaired) electrons. The van der Waals surface area contributed by atoms with Crippen LogP contribution in [0, 0.1) is 0 Å². The largest absolute Gasteiger partial charge is 0.406 e. The number of hydrogen-bond donors (Lipinski definition) is 1. The monoisotopic (exact) mass is 464 g/mol. The van der Waals surface area contributed by atoms with Gasteiger partial charge < -0.3 is 10.6 Å². The molecule has 2 aromatic carbocycles. The van der Waals surface area contributed by atoms with Gasteiger partial charge in [-0.15, -0.1) is 0 Å². The van der Waals surface area contributed by atoms with Crippen LogP contribution in [0.1, 0.15) is 41.4 Å². The number of carbonyl (C=O) groups excluding carboxylic acids is 1. The summed E-state index contributed by atoms with van der Waals surface area (Å²) in [6.07, 6.45) is -1.42. The molecule has 0 saturated carbocycles. The fourth-order valence-electron chi connectivity index (χ4n) is 3.90. The number of amides is 1. The van der Waals surface area contributed by atoms with Gasteiger partial charge in [0.15, 0.2) is 0 Å². The van der Waals surface area contributed by atoms with E-state index < -0.39 is 24.7 Å². The number of anilines is 1. The molecule has 34 heavy (non-hydrogen) atoms. The Balaban J connectivity index is 1.91. The van der Waals surface area contributed by atoms with Crippen LogP contribution in [-0.2, 0) is 0 Å². The van der Waals surface area contributed by atoms with Crippen molar-refractivity contribution in [3.8, 4) is 11.1 Å². The maximum atomic E-state index is 13.4. The molecule has 3 aromatic rings. The van der Waals surface area contributed by atoms with E-state index >= 15 is 0 Å². The second kappa shape index (κ2) is 9.13. The number of fused-ring (bicyclic) bond motifs is 1. The van der Waals surface area contributed by atoms with Crippen LogP contribution in [0.2, 0.25) is 0 Å². The van der Waals surface area contributed by atoms with Crippen molar-refractivity contribution >= 4 is 17.4 Å². The van der Waals surface area contributed by atoms with Crippen LogP contribution in [0.4, 0.5) is 19.0 Å². The number of aromatic nitrogens is 1. The van der Waals surface area contributed by atoms with Gasteiger partial charge in [-0.1, -0.05) is 36.4 Å². The summed E-state index contributed by atoms with van der Waals surface area (Å²) in [5.74, 6) is -0.351. The van der Waals surface area contributed by atoms with Crippen molar-refractivity contribution in [1.82, 2.24) is 9.88 Å². The second-order valence-electron chi connectivity index (χ2n) is 8.12. The minimum Gasteiger partial charge on any atom is -0.384 e. The quantitative estimate of drug-likeness (QED) is 0.532. The third kappa shape index (κ3) is 5.01. The molecule has 5 nitrogen and oxygen atoms in total. The third-order valence-corrected chi connectivity index (χ3v) is 5.61. The van der Waals surface area contributed by atoms with Crippen LogP contribution in [0.3, 0.4) is 0 Å². The first kappa shape index (κ1) is 23.2. The van der Waals surface area contributed by atoms with Gasteiger partial charge in [0, 0.05) is 23.0 Å². The van der Waals surface area contributed by atoms with E-state index in [1.54, 1.807) is 36.5 Å². The maximum Gasteiger partial charge on any atom is 0.406 e. The molecule has 0 bridgehead atoms. The normalized spacial score (nSPS) is 16.7. The Morgan fingerprint density at radius 3 is 2.35 bits per heavy atom. The van der Waals surface area contributed by atoms with Gasteiger partial charge in [0.25, 0.3) is 5.91 Å². The summed E-state index contributed by atoms with van der Waals surface area (Å²) in [6.45, 7) is 1.92. The van der Waals surface area contributed by atoms with Crippen molar-refractivity contribution in [2.45, 2.75) is 26.1 Å². The number of aliphatic imine (C=N–C) groups is 1. The van der Waals surface area contributed by atoms with Gasteiger partial charge in [-0.25, -0.2) is 4.98 Å². The van der Waals surface area contributed by atoms with E-state index in [2.05, 4.69) is 4.98 Å². The number of pyridine rings is 1. The highest BCUT2D eigenvalue weighted by atomic mass is 19.4. The number of nitrogens with two attached hydrogens (primary N) is 1. The molecule has 0 aliphatic carbocycles. The summed E-state index contributed by atoms with van der Waals surface area (Å²) in [5, 5.41) is 0. The predicted octanol–water partition coefficient (Wildman–Crippen LogP) is 5.80. The molecule has 1 aliphatic rings. The minimum absolute atomic E-state index is 0.164. The van der Waals surface area contributed by atoms with Gasteiger partial charge in [-0.05, 0) is 60.9 Å². The van der Waals surface area contributed by atoms with Crippen LogP contribution in [-0.4, -0.2) is 34.2 Å². The van der Waals surface area contributed by atoms with Crippen molar-refractivity contribution in [3.63, 3.8) is 0 Å². The van der Waals surface area contributed by atoms with E-state index in [1.807, 2.05) is 37.3 Å². The summed E-state index contributed by atoms with van der Waals surface area (Å²) in [6, 6.07) is 17.2. The molecule has 0 spiro atoms. The summed E-state index contributed by atoms with van der Waals surface area (Å²) in [5.41, 5.74) is 9.32. The molecule has 1 atom stereocenters. The average Bonchev–Trinajstić information content (AvgIpc) is 2.84. The molecule has 0 saturated heterocycles. The molecular formula is C26H23F3N4O. The molecule has 2 N–H and O–H groups in total. The Morgan fingerprint density at radius 2 is 1.71 bits per heavy atom. The van der Waals surface area contributed by atoms with Crippen molar-refractivity contribution in [1.29, 1.82) is 0 Å². The van der Waals surface area contributed by atoms with Crippen molar-refractivity contribution < 1.29 is 18.0 Å². The highest BCUT2D eigenvalue weighted by Crippen LogP contribution is 2.32. The molecule has 1 unspecified atom stereocenters. The van der Waals surface area contributed by atoms with Crippen LogP contribution >= 0.6 is 0 Å². The lowest BCUT2D eigenvalue weighted by Gasteiger charge is -2.25. The predicted molar refractivity (Wildman–Crippen MR) is 126 cm³/mol. The molecule has 2 heterocycles. The molecule has 8 heteroatoms. The number of nitrogen functional groups attached to an aromatic ring is 1. The zero-order valence-electron chi connectivity index (χ0n) is 18.7. The van der Waals surface area contributed by atoms with E-state index in [-0.39, 0.29) is 11.3 Å². The third-order valence-electron chi connectivity index (χ3n) is 5.61. The number of carbonyl (C=O) groups is 1. The van der Waals surface area contributed by atoms with Crippen molar-refractivity contribution in [3.05, 3.63) is 95.3 Å². The lowest BCUT2D eigenvalue weighted by Crippen LogP contribution is -2.38. The zero-order chi connectivity index (χ0) is 24.5. The van der Waals surface area contributed by atoms with E-state index in [9.17, 15) is 18.0 Å². The number of halogens is 3. The number of alkyl halides is 3. The van der Waals surface area contributed by atoms with Crippen LogP contribution in [0.15, 0.2) is 83.6 Å². The SMILES string of the molecule is CC1=CC(c2ccccc2)=NC(C)c2cc(-c3ccc(N)nc3)ccc2C(=O)N1CC(F)(F)F. The summed E-state index contributed by atoms with van der Waals surface area (Å²) in [4.78, 5) is 23.1. The lowest BCUT2D eigenvalue weighted by molar-refractivity contribution is -0.137. The average molecular weight is 464 g/mol. The molecular weight excluding hydrogens is 441 g/mol. The Morgan fingerprint density at radius 1 is 1.00 bits per heavy atom. The van der Waals surface area contributed by atoms with Gasteiger partial charge in [-0.2, -0.15) is 13.2 Å². The fraction of sp³-hybridized carbons (Fsp3) is 0.192. The van der Waals surface area contributed by atoms with Crippen LogP contribution < -0.4 is 5.73 Å². The number of rotatable bonds is 3. The molecule has 1 aliphatic heterocycles. The zero-order valence-corrected chi connectivity index (χ0v) is 18.7. The topological polar surface area (TPSA) is 71.6 Å². The van der Waals surface area contributed by atoms with E-state index in [0.717, 1.165) is 21.6 Å². The number of nitrogens with zero attached hydrogens (tertiary/aromatic N) is 3. The highest BCUT2D eigenvalue weighted by Gasteiger charge is 2.35. The number of hydrogen-bond acceptors (Lipinski definition) is 4. The number of allylic oxidation sites excluding steroid dienone is 2. The van der Waals surface area contributed by atoms with Crippen molar-refractivity contribution in [2.75, 3.05) is 12.3 Å². The van der Waals surface area contributed by atoms with Gasteiger partial charge in [0.2, 0.25) is 0 Å². The van der Waals surface area contributed by atoms with Gasteiger partial charge in [-0.3, -0.25) is 9.79 Å². The smallest absolute Gasteiger partial charge is 0.384 e. The Kier molecular flexibility index (Phi) is 6.24. The minimum atomic E-state index is -4.57. The lowest BCUT2D eigenvalue weighted by atomic mass is 9.95. The molecule has 1 aromatic heterocycles. The number of benzene rings is 2. The van der Waals surface area contributed by atoms with Gasteiger partial charge >= 0.3 is 6.18 Å². The van der Waals surface area contributed by atoms with Gasteiger partial charge in [0.1, 0.15) is 12.4 Å². The molecule has 174 valence electrons. The summed E-state index contributed by atoms with van der Waals surface area (Å²) in [7, 11) is 0. The van der Waals surface area contributed by atoms with E-state index in [4.69, 9.17) is 10.7 Å². The first-order valence-electron chi connectivity index (χ1n) is 10.7. The second-order valence-corrected chi connectivity index (χ2v) is 8.12. The van der Waals surface area contributed by atoms with E-state index in [0.29, 0.717) is 17.1 Å². The first-order valence-corrected chi connectivity index (χ1v) is 10.7. The maximum absolute atomic E-state index is 13.4. The standard InChI is InChI=1S/C26H23F3N4O/c1-16-12-23(18-6-4-3-5-7-18)32-17(2)22-13-19(20-9-11-24(30)31-14-20)8-10-21(22)25(34)33(16)15-26(27,28)29/h3-14,17H,15H2,1-2H3,(H2,30,31). The first-order chi connectivity index (χ1) is 16.1. The Hall–Kier alpha value is -3.94. The Bertz CT molecular complexity index is 1270. The Labute approximate surface area is 195 Å². The van der Waals surface area contributed by atoms with E-state index in [1.165, 1.54) is 13.0 Å². The molecule has 1 amide bonds. The van der Waals surface area contributed by atoms with Gasteiger partial charge in [0.05, 0.1) is 11.8 Å². The molecule has 0 fully saturated rings. The summed E-state index contributed by atoms with van der Waals surface area (Å²) < 4.78 is 40.3. The fourth-order valence-corrected chi connectivity index (χ4v) is 3.90. The molecule has 4 rings (SSSR count). The highest BCUT2D eigenvalue weighted by molar-refractivity contribution is 6.10. The summed E-state index contributed by atoms with van der Waals surface area (Å²) >= 11 is 0.